The number of likely N-dealkylation sites (tertiary alicyclic amines) is 1. The fourth-order valence-electron chi connectivity index (χ4n) is 4.76. The molecule has 2 aromatic rings. The predicted octanol–water partition coefficient (Wildman–Crippen LogP) is 3.02. The normalized spacial score (nSPS) is 26.6. The lowest BCUT2D eigenvalue weighted by molar-refractivity contribution is -0.134. The second-order valence-electron chi connectivity index (χ2n) is 8.87. The Bertz CT molecular complexity index is 997. The zero-order chi connectivity index (χ0) is 20.1. The summed E-state index contributed by atoms with van der Waals surface area (Å²) in [6, 6.07) is 2.08. The molecular weight excluding hydrogens is 384 g/mol. The molecule has 1 saturated heterocycles. The fourth-order valence-corrected chi connectivity index (χ4v) is 5.70. The van der Waals surface area contributed by atoms with Crippen LogP contribution < -0.4 is 5.56 Å². The molecule has 5 rings (SSSR count). The number of thiophene rings is 1. The first-order chi connectivity index (χ1) is 14.0. The number of hydrogen-bond acceptors (Lipinski definition) is 5. The number of aryl methyl sites for hydroxylation is 1. The van der Waals surface area contributed by atoms with E-state index in [0.717, 1.165) is 56.6 Å². The van der Waals surface area contributed by atoms with E-state index in [-0.39, 0.29) is 23.4 Å². The van der Waals surface area contributed by atoms with E-state index in [0.29, 0.717) is 18.3 Å². The van der Waals surface area contributed by atoms with E-state index in [1.165, 1.54) is 10.4 Å². The van der Waals surface area contributed by atoms with E-state index < -0.39 is 0 Å². The van der Waals surface area contributed by atoms with Crippen LogP contribution in [0.25, 0.3) is 0 Å². The van der Waals surface area contributed by atoms with E-state index in [1.54, 1.807) is 11.3 Å². The molecule has 0 aromatic carbocycles. The summed E-state index contributed by atoms with van der Waals surface area (Å²) in [4.78, 5) is 39.3. The maximum Gasteiger partial charge on any atom is 0.255 e. The standard InChI is InChI=1S/C22H28N4O2S/c1-13-6-9-29-19(13)12-25-8-5-17-16(11-25)21(27)24-20(23-17)18-4-3-7-26(18)22(28)15-10-14(15)2/h6,9,14-15,18H,3-5,7-8,10-12H2,1-2H3,(H,23,24,27)/t14-,15-,18+/m1/s1. The monoisotopic (exact) mass is 412 g/mol. The average molecular weight is 413 g/mol. The molecule has 1 saturated carbocycles. The number of fused-ring (bicyclic) bond motifs is 1. The highest BCUT2D eigenvalue weighted by molar-refractivity contribution is 7.10. The molecule has 0 radical (unpaired) electrons. The Labute approximate surface area is 175 Å². The number of nitrogens with one attached hydrogen (secondary N) is 1. The molecule has 29 heavy (non-hydrogen) atoms. The number of rotatable bonds is 4. The van der Waals surface area contributed by atoms with E-state index in [9.17, 15) is 9.59 Å². The highest BCUT2D eigenvalue weighted by Crippen LogP contribution is 2.42. The number of carbonyl (C=O) groups is 1. The molecule has 7 heteroatoms. The van der Waals surface area contributed by atoms with Crippen molar-refractivity contribution in [3.05, 3.63) is 49.3 Å². The quantitative estimate of drug-likeness (QED) is 0.838. The van der Waals surface area contributed by atoms with E-state index in [2.05, 4.69) is 35.2 Å². The van der Waals surface area contributed by atoms with Crippen LogP contribution >= 0.6 is 11.3 Å². The van der Waals surface area contributed by atoms with Crippen LogP contribution in [0.3, 0.4) is 0 Å². The summed E-state index contributed by atoms with van der Waals surface area (Å²) in [5, 5.41) is 2.13. The maximum atomic E-state index is 12.9. The van der Waals surface area contributed by atoms with Gasteiger partial charge in [-0.05, 0) is 49.1 Å². The first-order valence-electron chi connectivity index (χ1n) is 10.7. The summed E-state index contributed by atoms with van der Waals surface area (Å²) in [7, 11) is 0. The number of carbonyl (C=O) groups excluding carboxylic acids is 1. The van der Waals surface area contributed by atoms with E-state index in [1.807, 2.05) is 4.90 Å². The van der Waals surface area contributed by atoms with Gasteiger partial charge in [-0.1, -0.05) is 6.92 Å². The molecule has 2 aliphatic heterocycles. The molecule has 6 nitrogen and oxygen atoms in total. The smallest absolute Gasteiger partial charge is 0.255 e. The van der Waals surface area contributed by atoms with Crippen LogP contribution in [-0.4, -0.2) is 38.8 Å². The number of aromatic amines is 1. The molecule has 3 atom stereocenters. The lowest BCUT2D eigenvalue weighted by atomic mass is 10.1. The molecule has 2 fully saturated rings. The van der Waals surface area contributed by atoms with Gasteiger partial charge in [0.2, 0.25) is 5.91 Å². The van der Waals surface area contributed by atoms with Crippen molar-refractivity contribution >= 4 is 17.2 Å². The topological polar surface area (TPSA) is 69.3 Å². The highest BCUT2D eigenvalue weighted by atomic mass is 32.1. The Kier molecular flexibility index (Phi) is 4.82. The van der Waals surface area contributed by atoms with E-state index >= 15 is 0 Å². The van der Waals surface area contributed by atoms with Crippen molar-refractivity contribution in [2.45, 2.75) is 58.7 Å². The molecule has 154 valence electrons. The summed E-state index contributed by atoms with van der Waals surface area (Å²) in [6.45, 7) is 7.49. The van der Waals surface area contributed by atoms with Gasteiger partial charge in [0.25, 0.3) is 5.56 Å². The highest BCUT2D eigenvalue weighted by Gasteiger charge is 2.45. The van der Waals surface area contributed by atoms with Crippen molar-refractivity contribution in [2.75, 3.05) is 13.1 Å². The zero-order valence-corrected chi connectivity index (χ0v) is 17.9. The average Bonchev–Trinajstić information content (AvgIpc) is 3.07. The van der Waals surface area contributed by atoms with Crippen LogP contribution in [0, 0.1) is 18.8 Å². The van der Waals surface area contributed by atoms with Crippen molar-refractivity contribution in [2.24, 2.45) is 11.8 Å². The predicted molar refractivity (Wildman–Crippen MR) is 113 cm³/mol. The van der Waals surface area contributed by atoms with Crippen molar-refractivity contribution in [3.8, 4) is 0 Å². The molecule has 4 heterocycles. The third-order valence-corrected chi connectivity index (χ3v) is 7.79. The number of hydrogen-bond donors (Lipinski definition) is 1. The number of aromatic nitrogens is 2. The first-order valence-corrected chi connectivity index (χ1v) is 11.6. The van der Waals surface area contributed by atoms with Crippen molar-refractivity contribution in [3.63, 3.8) is 0 Å². The molecule has 1 amide bonds. The van der Waals surface area contributed by atoms with Gasteiger partial charge in [0.05, 0.1) is 17.3 Å². The fraction of sp³-hybridized carbons (Fsp3) is 0.591. The number of nitrogens with zero attached hydrogens (tertiary/aromatic N) is 3. The molecule has 1 N–H and O–H groups in total. The van der Waals surface area contributed by atoms with Crippen molar-refractivity contribution in [1.29, 1.82) is 0 Å². The van der Waals surface area contributed by atoms with Gasteiger partial charge in [0, 0.05) is 43.4 Å². The van der Waals surface area contributed by atoms with Crippen LogP contribution in [-0.2, 0) is 24.3 Å². The van der Waals surface area contributed by atoms with Gasteiger partial charge in [-0.2, -0.15) is 0 Å². The molecule has 1 aliphatic carbocycles. The Balaban J connectivity index is 1.35. The molecule has 0 bridgehead atoms. The molecule has 0 unspecified atom stereocenters. The summed E-state index contributed by atoms with van der Waals surface area (Å²) >= 11 is 1.78. The Morgan fingerprint density at radius 2 is 2.21 bits per heavy atom. The molecule has 3 aliphatic rings. The third kappa shape index (κ3) is 3.55. The van der Waals surface area contributed by atoms with Gasteiger partial charge < -0.3 is 9.88 Å². The zero-order valence-electron chi connectivity index (χ0n) is 17.1. The van der Waals surface area contributed by atoms with Crippen LogP contribution in [0.15, 0.2) is 16.2 Å². The third-order valence-electron chi connectivity index (χ3n) is 6.78. The Morgan fingerprint density at radius 1 is 1.38 bits per heavy atom. The lowest BCUT2D eigenvalue weighted by Crippen LogP contribution is -2.38. The second-order valence-corrected chi connectivity index (χ2v) is 9.87. The minimum Gasteiger partial charge on any atom is -0.332 e. The summed E-state index contributed by atoms with van der Waals surface area (Å²) < 4.78 is 0. The van der Waals surface area contributed by atoms with Crippen LogP contribution in [0.5, 0.6) is 0 Å². The summed E-state index contributed by atoms with van der Waals surface area (Å²) in [5.41, 5.74) is 3.00. The Hall–Kier alpha value is -1.99. The van der Waals surface area contributed by atoms with Crippen molar-refractivity contribution in [1.82, 2.24) is 19.8 Å². The molecular formula is C22H28N4O2S. The van der Waals surface area contributed by atoms with Gasteiger partial charge in [0.1, 0.15) is 5.82 Å². The SMILES string of the molecule is Cc1ccsc1CN1CCc2nc([C@@H]3CCCN3C(=O)[C@@H]3C[C@H]3C)[nH]c(=O)c2C1. The van der Waals surface area contributed by atoms with E-state index in [4.69, 9.17) is 4.98 Å². The molecule has 2 aromatic heterocycles. The van der Waals surface area contributed by atoms with Crippen molar-refractivity contribution < 1.29 is 4.79 Å². The number of H-pyrrole nitrogens is 1. The van der Waals surface area contributed by atoms with Crippen LogP contribution in [0.4, 0.5) is 0 Å². The van der Waals surface area contributed by atoms with Crippen LogP contribution in [0.1, 0.15) is 59.8 Å². The van der Waals surface area contributed by atoms with Crippen LogP contribution in [0.2, 0.25) is 0 Å². The molecule has 0 spiro atoms. The summed E-state index contributed by atoms with van der Waals surface area (Å²) in [5.74, 6) is 1.61. The first kappa shape index (κ1) is 19.0. The van der Waals surface area contributed by atoms with Gasteiger partial charge in [-0.15, -0.1) is 11.3 Å². The lowest BCUT2D eigenvalue weighted by Gasteiger charge is -2.29. The van der Waals surface area contributed by atoms with Gasteiger partial charge >= 0.3 is 0 Å². The second kappa shape index (κ2) is 7.36. The van der Waals surface area contributed by atoms with Gasteiger partial charge in [-0.3, -0.25) is 14.5 Å². The van der Waals surface area contributed by atoms with Gasteiger partial charge in [-0.25, -0.2) is 4.98 Å². The maximum absolute atomic E-state index is 12.9. The Morgan fingerprint density at radius 3 is 2.93 bits per heavy atom. The van der Waals surface area contributed by atoms with Gasteiger partial charge in [0.15, 0.2) is 0 Å². The largest absolute Gasteiger partial charge is 0.332 e. The minimum atomic E-state index is -0.0694. The minimum absolute atomic E-state index is 0.0308. The number of amides is 1. The summed E-state index contributed by atoms with van der Waals surface area (Å²) in [6.07, 6.45) is 3.65.